The van der Waals surface area contributed by atoms with Gasteiger partial charge in [0.1, 0.15) is 0 Å². The molecule has 0 saturated carbocycles. The molecular formula is C16H35IN4. The van der Waals surface area contributed by atoms with Crippen LogP contribution in [-0.2, 0) is 0 Å². The van der Waals surface area contributed by atoms with Gasteiger partial charge >= 0.3 is 0 Å². The molecule has 5 heteroatoms. The second-order valence-corrected chi connectivity index (χ2v) is 6.42. The Balaban J connectivity index is 0. The van der Waals surface area contributed by atoms with E-state index < -0.39 is 0 Å². The quantitative estimate of drug-likeness (QED) is 0.208. The van der Waals surface area contributed by atoms with Crippen LogP contribution in [0.3, 0.4) is 0 Å². The Labute approximate surface area is 149 Å². The summed E-state index contributed by atoms with van der Waals surface area (Å²) in [6, 6.07) is 0. The summed E-state index contributed by atoms with van der Waals surface area (Å²) in [5.74, 6) is 1.00. The molecule has 0 unspecified atom stereocenters. The number of nitrogens with one attached hydrogen (secondary N) is 1. The summed E-state index contributed by atoms with van der Waals surface area (Å²) in [7, 11) is 6.32. The summed E-state index contributed by atoms with van der Waals surface area (Å²) >= 11 is 0. The molecule has 0 aromatic carbocycles. The van der Waals surface area contributed by atoms with Crippen molar-refractivity contribution in [3.05, 3.63) is 12.7 Å². The molecule has 4 nitrogen and oxygen atoms in total. The molecule has 0 saturated heterocycles. The number of unbranched alkanes of at least 4 members (excludes halogenated alkanes) is 1. The minimum Gasteiger partial charge on any atom is -0.357 e. The van der Waals surface area contributed by atoms with Gasteiger partial charge in [-0.25, -0.2) is 0 Å². The van der Waals surface area contributed by atoms with Crippen LogP contribution in [0.5, 0.6) is 0 Å². The zero-order chi connectivity index (χ0) is 15.6. The highest BCUT2D eigenvalue weighted by molar-refractivity contribution is 14.0. The Bertz CT molecular complexity index is 301. The third-order valence-corrected chi connectivity index (χ3v) is 3.00. The number of guanidine groups is 1. The summed E-state index contributed by atoms with van der Waals surface area (Å²) in [4.78, 5) is 9.22. The van der Waals surface area contributed by atoms with Gasteiger partial charge in [-0.2, -0.15) is 0 Å². The van der Waals surface area contributed by atoms with Crippen molar-refractivity contribution in [1.82, 2.24) is 15.1 Å². The average molecular weight is 410 g/mol. The number of aliphatic imine (C=N–C) groups is 1. The summed E-state index contributed by atoms with van der Waals surface area (Å²) in [5.41, 5.74) is 0.187. The van der Waals surface area contributed by atoms with Crippen LogP contribution >= 0.6 is 24.0 Å². The van der Waals surface area contributed by atoms with E-state index in [0.29, 0.717) is 0 Å². The Morgan fingerprint density at radius 1 is 1.29 bits per heavy atom. The van der Waals surface area contributed by atoms with Gasteiger partial charge in [-0.3, -0.25) is 4.99 Å². The zero-order valence-electron chi connectivity index (χ0n) is 14.8. The van der Waals surface area contributed by atoms with Crippen LogP contribution in [0.25, 0.3) is 0 Å². The number of rotatable bonds is 9. The molecule has 0 heterocycles. The maximum atomic E-state index is 4.80. The summed E-state index contributed by atoms with van der Waals surface area (Å²) in [5, 5.41) is 3.37. The van der Waals surface area contributed by atoms with Gasteiger partial charge in [0, 0.05) is 33.2 Å². The Kier molecular flexibility index (Phi) is 13.4. The molecule has 0 rings (SSSR count). The van der Waals surface area contributed by atoms with Gasteiger partial charge in [0.25, 0.3) is 0 Å². The van der Waals surface area contributed by atoms with Crippen molar-refractivity contribution in [3.63, 3.8) is 0 Å². The SMILES string of the molecule is C=CCCCN(C)C(=NCC(C)(C)CN(C)C)NCC.I. The fourth-order valence-corrected chi connectivity index (χ4v) is 2.24. The van der Waals surface area contributed by atoms with Crippen LogP contribution in [0.4, 0.5) is 0 Å². The van der Waals surface area contributed by atoms with E-state index in [9.17, 15) is 0 Å². The van der Waals surface area contributed by atoms with Gasteiger partial charge in [0.15, 0.2) is 5.96 Å². The van der Waals surface area contributed by atoms with Crippen molar-refractivity contribution in [2.75, 3.05) is 47.3 Å². The molecule has 0 amide bonds. The van der Waals surface area contributed by atoms with Gasteiger partial charge in [-0.05, 0) is 39.3 Å². The largest absolute Gasteiger partial charge is 0.357 e. The standard InChI is InChI=1S/C16H34N4.HI/c1-8-10-11-12-20(7)15(17-9-2)18-13-16(3,4)14-19(5)6;/h8H,1,9-14H2,2-7H3,(H,17,18);1H. The van der Waals surface area contributed by atoms with Crippen molar-refractivity contribution in [2.24, 2.45) is 10.4 Å². The van der Waals surface area contributed by atoms with E-state index in [0.717, 1.165) is 45.0 Å². The van der Waals surface area contributed by atoms with E-state index in [-0.39, 0.29) is 29.4 Å². The van der Waals surface area contributed by atoms with Gasteiger partial charge in [0.05, 0.1) is 0 Å². The first-order chi connectivity index (χ1) is 9.32. The first kappa shape index (κ1) is 23.0. The lowest BCUT2D eigenvalue weighted by Gasteiger charge is -2.28. The molecular weight excluding hydrogens is 375 g/mol. The van der Waals surface area contributed by atoms with E-state index >= 15 is 0 Å². The predicted molar refractivity (Wildman–Crippen MR) is 106 cm³/mol. The first-order valence-corrected chi connectivity index (χ1v) is 7.57. The normalized spacial score (nSPS) is 12.0. The van der Waals surface area contributed by atoms with Crippen molar-refractivity contribution >= 4 is 29.9 Å². The lowest BCUT2D eigenvalue weighted by molar-refractivity contribution is 0.248. The van der Waals surface area contributed by atoms with Crippen molar-refractivity contribution in [2.45, 2.75) is 33.6 Å². The third kappa shape index (κ3) is 12.0. The molecule has 0 aromatic heterocycles. The van der Waals surface area contributed by atoms with Crippen LogP contribution < -0.4 is 5.32 Å². The van der Waals surface area contributed by atoms with E-state index in [1.54, 1.807) is 0 Å². The lowest BCUT2D eigenvalue weighted by Crippen LogP contribution is -2.40. The number of nitrogens with zero attached hydrogens (tertiary/aromatic N) is 3. The van der Waals surface area contributed by atoms with E-state index in [1.165, 1.54) is 0 Å². The maximum Gasteiger partial charge on any atom is 0.193 e. The van der Waals surface area contributed by atoms with Crippen LogP contribution in [0.2, 0.25) is 0 Å². The van der Waals surface area contributed by atoms with Crippen LogP contribution in [0.15, 0.2) is 17.6 Å². The lowest BCUT2D eigenvalue weighted by atomic mass is 9.93. The molecule has 126 valence electrons. The second kappa shape index (κ2) is 12.3. The minimum atomic E-state index is 0. The van der Waals surface area contributed by atoms with Crippen molar-refractivity contribution in [1.29, 1.82) is 0 Å². The van der Waals surface area contributed by atoms with Crippen molar-refractivity contribution < 1.29 is 0 Å². The third-order valence-electron chi connectivity index (χ3n) is 3.00. The molecule has 21 heavy (non-hydrogen) atoms. The molecule has 0 spiro atoms. The average Bonchev–Trinajstić information content (AvgIpc) is 2.33. The summed E-state index contributed by atoms with van der Waals surface area (Å²) in [6.45, 7) is 14.2. The molecule has 0 fully saturated rings. The minimum absolute atomic E-state index is 0. The highest BCUT2D eigenvalue weighted by Crippen LogP contribution is 2.16. The summed E-state index contributed by atoms with van der Waals surface area (Å²) in [6.07, 6.45) is 4.14. The Morgan fingerprint density at radius 2 is 1.90 bits per heavy atom. The molecule has 0 aliphatic heterocycles. The fourth-order valence-electron chi connectivity index (χ4n) is 2.24. The Morgan fingerprint density at radius 3 is 2.38 bits per heavy atom. The van der Waals surface area contributed by atoms with Gasteiger partial charge in [-0.15, -0.1) is 30.6 Å². The number of hydrogen-bond acceptors (Lipinski definition) is 2. The van der Waals surface area contributed by atoms with E-state index in [1.807, 2.05) is 6.08 Å². The smallest absolute Gasteiger partial charge is 0.193 e. The Hall–Kier alpha value is -0.300. The molecule has 0 aromatic rings. The number of hydrogen-bond donors (Lipinski definition) is 1. The summed E-state index contributed by atoms with van der Waals surface area (Å²) < 4.78 is 0. The maximum absolute atomic E-state index is 4.80. The van der Waals surface area contributed by atoms with Gasteiger partial charge in [0.2, 0.25) is 0 Å². The number of halogens is 1. The highest BCUT2D eigenvalue weighted by atomic mass is 127. The van der Waals surface area contributed by atoms with E-state index in [2.05, 4.69) is 63.6 Å². The molecule has 0 bridgehead atoms. The monoisotopic (exact) mass is 410 g/mol. The fraction of sp³-hybridized carbons (Fsp3) is 0.812. The van der Waals surface area contributed by atoms with Crippen molar-refractivity contribution in [3.8, 4) is 0 Å². The van der Waals surface area contributed by atoms with Gasteiger partial charge in [-0.1, -0.05) is 19.9 Å². The molecule has 0 aliphatic carbocycles. The molecule has 0 aliphatic rings. The van der Waals surface area contributed by atoms with Crippen LogP contribution in [-0.4, -0.2) is 63.1 Å². The molecule has 0 atom stereocenters. The van der Waals surface area contributed by atoms with Crippen LogP contribution in [0, 0.1) is 5.41 Å². The molecule has 1 N–H and O–H groups in total. The topological polar surface area (TPSA) is 30.9 Å². The van der Waals surface area contributed by atoms with E-state index in [4.69, 9.17) is 4.99 Å². The second-order valence-electron chi connectivity index (χ2n) is 6.42. The van der Waals surface area contributed by atoms with Gasteiger partial charge < -0.3 is 15.1 Å². The molecule has 0 radical (unpaired) electrons. The first-order valence-electron chi connectivity index (χ1n) is 7.57. The zero-order valence-corrected chi connectivity index (χ0v) is 17.1. The number of allylic oxidation sites excluding steroid dienone is 1. The predicted octanol–water partition coefficient (Wildman–Crippen LogP) is 3.06. The highest BCUT2D eigenvalue weighted by Gasteiger charge is 2.19. The van der Waals surface area contributed by atoms with Crippen LogP contribution in [0.1, 0.15) is 33.6 Å².